The summed E-state index contributed by atoms with van der Waals surface area (Å²) in [4.78, 5) is 50.0. The number of rotatable bonds is 7. The van der Waals surface area contributed by atoms with Crippen LogP contribution in [0.2, 0.25) is 10.0 Å². The quantitative estimate of drug-likeness (QED) is 0.193. The second-order valence-corrected chi connectivity index (χ2v) is 9.86. The Balaban J connectivity index is 1.61. The zero-order chi connectivity index (χ0) is 27.6. The van der Waals surface area contributed by atoms with E-state index in [1.807, 2.05) is 22.6 Å². The van der Waals surface area contributed by atoms with Gasteiger partial charge in [-0.05, 0) is 82.3 Å². The molecule has 9 nitrogen and oxygen atoms in total. The van der Waals surface area contributed by atoms with Crippen LogP contribution in [0.1, 0.15) is 21.5 Å². The number of nitrogens with zero attached hydrogens (tertiary/aromatic N) is 1. The van der Waals surface area contributed by atoms with Crippen molar-refractivity contribution < 1.29 is 33.8 Å². The number of aromatic carboxylic acids is 1. The number of ether oxygens (including phenoxy) is 2. The lowest BCUT2D eigenvalue weighted by molar-refractivity contribution is -0.122. The normalized spacial score (nSPS) is 14.5. The highest BCUT2D eigenvalue weighted by atomic mass is 127. The van der Waals surface area contributed by atoms with E-state index in [1.54, 1.807) is 24.3 Å². The molecule has 0 aromatic heterocycles. The summed E-state index contributed by atoms with van der Waals surface area (Å²) < 4.78 is 12.0. The summed E-state index contributed by atoms with van der Waals surface area (Å²) in [5, 5.41) is 11.6. The SMILES string of the molecule is COc1cc(/C=C2\C(=O)NC(=O)N(c3ccc(Cl)c(Cl)c3)C2=O)cc(I)c1OCc1ccc(C(=O)O)cc1. The number of nitrogens with one attached hydrogen (secondary N) is 1. The second kappa shape index (κ2) is 11.4. The summed E-state index contributed by atoms with van der Waals surface area (Å²) >= 11 is 14.0. The van der Waals surface area contributed by atoms with Gasteiger partial charge in [0.15, 0.2) is 11.5 Å². The van der Waals surface area contributed by atoms with Crippen LogP contribution < -0.4 is 19.7 Å². The van der Waals surface area contributed by atoms with Gasteiger partial charge in [-0.25, -0.2) is 14.5 Å². The number of carboxylic acids is 1. The average molecular weight is 667 g/mol. The van der Waals surface area contributed by atoms with Gasteiger partial charge in [-0.1, -0.05) is 35.3 Å². The number of benzene rings is 3. The van der Waals surface area contributed by atoms with Gasteiger partial charge < -0.3 is 14.6 Å². The minimum absolute atomic E-state index is 0.139. The van der Waals surface area contributed by atoms with Gasteiger partial charge in [-0.2, -0.15) is 0 Å². The zero-order valence-electron chi connectivity index (χ0n) is 19.5. The van der Waals surface area contributed by atoms with Gasteiger partial charge in [0.1, 0.15) is 12.2 Å². The summed E-state index contributed by atoms with van der Waals surface area (Å²) in [5.41, 5.74) is 1.23. The second-order valence-electron chi connectivity index (χ2n) is 7.88. The highest BCUT2D eigenvalue weighted by molar-refractivity contribution is 14.1. The van der Waals surface area contributed by atoms with Gasteiger partial charge in [-0.15, -0.1) is 0 Å². The Morgan fingerprint density at radius 1 is 1.05 bits per heavy atom. The molecule has 0 bridgehead atoms. The number of barbiturate groups is 1. The lowest BCUT2D eigenvalue weighted by atomic mass is 10.1. The third-order valence-corrected chi connectivity index (χ3v) is 6.95. The van der Waals surface area contributed by atoms with Crippen molar-refractivity contribution in [3.05, 3.63) is 90.5 Å². The molecule has 1 saturated heterocycles. The molecule has 38 heavy (non-hydrogen) atoms. The number of carbonyl (C=O) groups excluding carboxylic acids is 3. The van der Waals surface area contributed by atoms with Crippen molar-refractivity contribution >= 4 is 81.4 Å². The molecule has 0 aliphatic carbocycles. The van der Waals surface area contributed by atoms with Crippen LogP contribution in [0.4, 0.5) is 10.5 Å². The van der Waals surface area contributed by atoms with E-state index in [2.05, 4.69) is 5.32 Å². The summed E-state index contributed by atoms with van der Waals surface area (Å²) in [7, 11) is 1.44. The molecule has 0 saturated carbocycles. The maximum atomic E-state index is 13.2. The zero-order valence-corrected chi connectivity index (χ0v) is 23.1. The summed E-state index contributed by atoms with van der Waals surface area (Å²) in [6.07, 6.45) is 1.34. The maximum Gasteiger partial charge on any atom is 0.335 e. The standard InChI is InChI=1S/C26H17Cl2IN2O7/c1-37-21-10-14(9-20(29)22(21)38-12-13-2-4-15(5-3-13)25(34)35)8-17-23(32)30-26(36)31(24(17)33)16-6-7-18(27)19(28)11-16/h2-11H,12H2,1H3,(H,34,35)(H,30,32,36)/b17-8+. The van der Waals surface area contributed by atoms with Crippen molar-refractivity contribution in [1.82, 2.24) is 5.32 Å². The van der Waals surface area contributed by atoms with E-state index >= 15 is 0 Å². The van der Waals surface area contributed by atoms with Crippen molar-refractivity contribution in [2.24, 2.45) is 0 Å². The monoisotopic (exact) mass is 666 g/mol. The molecular formula is C26H17Cl2IN2O7. The summed E-state index contributed by atoms with van der Waals surface area (Å²) in [6, 6.07) is 12.8. The fourth-order valence-electron chi connectivity index (χ4n) is 3.54. The smallest absolute Gasteiger partial charge is 0.335 e. The van der Waals surface area contributed by atoms with E-state index in [0.29, 0.717) is 20.6 Å². The molecule has 3 aromatic rings. The van der Waals surface area contributed by atoms with Gasteiger partial charge >= 0.3 is 12.0 Å². The highest BCUT2D eigenvalue weighted by Gasteiger charge is 2.37. The number of hydrogen-bond acceptors (Lipinski definition) is 6. The van der Waals surface area contributed by atoms with Crippen LogP contribution in [-0.2, 0) is 16.2 Å². The molecule has 2 N–H and O–H groups in total. The van der Waals surface area contributed by atoms with E-state index in [-0.39, 0.29) is 33.5 Å². The van der Waals surface area contributed by atoms with Crippen LogP contribution >= 0.6 is 45.8 Å². The number of carbonyl (C=O) groups is 4. The number of halogens is 3. The lowest BCUT2D eigenvalue weighted by Gasteiger charge is -2.26. The lowest BCUT2D eigenvalue weighted by Crippen LogP contribution is -2.54. The fourth-order valence-corrected chi connectivity index (χ4v) is 4.62. The third kappa shape index (κ3) is 5.77. The van der Waals surface area contributed by atoms with Crippen LogP contribution in [0.5, 0.6) is 11.5 Å². The molecule has 3 aromatic carbocycles. The van der Waals surface area contributed by atoms with E-state index < -0.39 is 23.8 Å². The number of carboxylic acid groups (broad SMARTS) is 1. The average Bonchev–Trinajstić information content (AvgIpc) is 2.87. The largest absolute Gasteiger partial charge is 0.493 e. The van der Waals surface area contributed by atoms with Crippen molar-refractivity contribution in [3.63, 3.8) is 0 Å². The number of amides is 4. The Labute approximate surface area is 240 Å². The predicted octanol–water partition coefficient (Wildman–Crippen LogP) is 5.55. The Morgan fingerprint density at radius 3 is 2.39 bits per heavy atom. The van der Waals surface area contributed by atoms with Gasteiger partial charge in [0.25, 0.3) is 11.8 Å². The molecule has 12 heteroatoms. The molecule has 4 rings (SSSR count). The van der Waals surface area contributed by atoms with Gasteiger partial charge in [0.2, 0.25) is 0 Å². The molecule has 0 spiro atoms. The number of urea groups is 1. The van der Waals surface area contributed by atoms with Crippen LogP contribution in [0.25, 0.3) is 6.08 Å². The molecule has 1 fully saturated rings. The molecule has 4 amide bonds. The van der Waals surface area contributed by atoms with Crippen molar-refractivity contribution in [3.8, 4) is 11.5 Å². The Hall–Kier alpha value is -3.61. The van der Waals surface area contributed by atoms with Crippen LogP contribution in [-0.4, -0.2) is 36.0 Å². The van der Waals surface area contributed by atoms with E-state index in [9.17, 15) is 19.2 Å². The van der Waals surface area contributed by atoms with Crippen LogP contribution in [0.3, 0.4) is 0 Å². The van der Waals surface area contributed by atoms with E-state index in [4.69, 9.17) is 37.8 Å². The summed E-state index contributed by atoms with van der Waals surface area (Å²) in [5.74, 6) is -1.95. The summed E-state index contributed by atoms with van der Waals surface area (Å²) in [6.45, 7) is 0.147. The fraction of sp³-hybridized carbons (Fsp3) is 0.0769. The minimum atomic E-state index is -1.02. The van der Waals surface area contributed by atoms with Gasteiger partial charge in [0, 0.05) is 0 Å². The number of hydrogen-bond donors (Lipinski definition) is 2. The topological polar surface area (TPSA) is 122 Å². The first-order valence-electron chi connectivity index (χ1n) is 10.8. The molecule has 1 heterocycles. The first kappa shape index (κ1) is 27.4. The molecule has 0 unspecified atom stereocenters. The Morgan fingerprint density at radius 2 is 1.76 bits per heavy atom. The Bertz CT molecular complexity index is 1510. The molecule has 194 valence electrons. The van der Waals surface area contributed by atoms with Crippen molar-refractivity contribution in [1.29, 1.82) is 0 Å². The van der Waals surface area contributed by atoms with Gasteiger partial charge in [-0.3, -0.25) is 14.9 Å². The van der Waals surface area contributed by atoms with E-state index in [1.165, 1.54) is 43.5 Å². The maximum absolute atomic E-state index is 13.2. The predicted molar refractivity (Wildman–Crippen MR) is 149 cm³/mol. The number of methoxy groups -OCH3 is 1. The van der Waals surface area contributed by atoms with Crippen LogP contribution in [0.15, 0.2) is 60.2 Å². The molecular weight excluding hydrogens is 650 g/mol. The molecule has 0 atom stereocenters. The Kier molecular flexibility index (Phi) is 8.24. The van der Waals surface area contributed by atoms with Crippen molar-refractivity contribution in [2.45, 2.75) is 6.61 Å². The molecule has 1 aliphatic rings. The highest BCUT2D eigenvalue weighted by Crippen LogP contribution is 2.36. The first-order valence-corrected chi connectivity index (χ1v) is 12.6. The number of anilines is 1. The van der Waals surface area contributed by atoms with Gasteiger partial charge in [0.05, 0.1) is 32.0 Å². The van der Waals surface area contributed by atoms with Crippen molar-refractivity contribution in [2.75, 3.05) is 12.0 Å². The molecule has 1 aliphatic heterocycles. The molecule has 0 radical (unpaired) electrons. The number of imide groups is 2. The first-order chi connectivity index (χ1) is 18.1. The van der Waals surface area contributed by atoms with Crippen LogP contribution in [0, 0.1) is 3.57 Å². The third-order valence-electron chi connectivity index (χ3n) is 5.41. The minimum Gasteiger partial charge on any atom is -0.493 e. The van der Waals surface area contributed by atoms with E-state index in [0.717, 1.165) is 10.5 Å².